The summed E-state index contributed by atoms with van der Waals surface area (Å²) < 4.78 is 1.55. The number of aromatic nitrogens is 2. The van der Waals surface area contributed by atoms with Gasteiger partial charge in [0.25, 0.3) is 5.91 Å². The van der Waals surface area contributed by atoms with E-state index in [1.54, 1.807) is 11.6 Å². The third-order valence-corrected chi connectivity index (χ3v) is 6.88. The lowest BCUT2D eigenvalue weighted by molar-refractivity contribution is 0.0554. The average molecular weight is 412 g/mol. The minimum Gasteiger partial charge on any atom is -0.501 e. The van der Waals surface area contributed by atoms with E-state index in [-0.39, 0.29) is 17.6 Å². The fourth-order valence-electron chi connectivity index (χ4n) is 5.16. The summed E-state index contributed by atoms with van der Waals surface area (Å²) in [5.74, 6) is -0.921. The van der Waals surface area contributed by atoms with E-state index in [4.69, 9.17) is 0 Å². The molecule has 1 amide bonds. The van der Waals surface area contributed by atoms with Crippen molar-refractivity contribution >= 4 is 5.91 Å². The molecule has 1 aliphatic heterocycles. The highest BCUT2D eigenvalue weighted by atomic mass is 16.3. The van der Waals surface area contributed by atoms with Gasteiger partial charge >= 0.3 is 5.56 Å². The van der Waals surface area contributed by atoms with Gasteiger partial charge in [-0.1, -0.05) is 42.2 Å². The monoisotopic (exact) mass is 411 g/mol. The van der Waals surface area contributed by atoms with Crippen LogP contribution in [0.3, 0.4) is 0 Å². The molecule has 1 fully saturated rings. The molecule has 1 unspecified atom stereocenters. The van der Waals surface area contributed by atoms with E-state index in [0.717, 1.165) is 42.4 Å². The number of aliphatic hydroxyl groups excluding tert-OH is 1. The summed E-state index contributed by atoms with van der Waals surface area (Å²) in [6.07, 6.45) is 2.42. The van der Waals surface area contributed by atoms with Crippen molar-refractivity contribution in [2.75, 3.05) is 7.05 Å². The van der Waals surface area contributed by atoms with Crippen molar-refractivity contribution in [2.24, 2.45) is 0 Å². The lowest BCUT2D eigenvalue weighted by atomic mass is 9.73. The molecule has 30 heavy (non-hydrogen) atoms. The molecule has 7 heteroatoms. The zero-order chi connectivity index (χ0) is 21.8. The second kappa shape index (κ2) is 7.23. The Morgan fingerprint density at radius 1 is 1.13 bits per heavy atom. The van der Waals surface area contributed by atoms with Crippen molar-refractivity contribution in [1.82, 2.24) is 14.5 Å². The number of hydrogen-bond donors (Lipinski definition) is 2. The van der Waals surface area contributed by atoms with Gasteiger partial charge < -0.3 is 19.7 Å². The highest BCUT2D eigenvalue weighted by Gasteiger charge is 2.46. The molecule has 7 nitrogen and oxygen atoms in total. The zero-order valence-corrected chi connectivity index (χ0v) is 18.0. The molecule has 2 N–H and O–H groups in total. The normalized spacial score (nSPS) is 21.6. The Morgan fingerprint density at radius 2 is 1.73 bits per heavy atom. The molecule has 0 radical (unpaired) electrons. The lowest BCUT2D eigenvalue weighted by Gasteiger charge is -2.39. The van der Waals surface area contributed by atoms with Crippen LogP contribution in [-0.2, 0) is 12.0 Å². The number of amides is 1. The lowest BCUT2D eigenvalue weighted by Crippen LogP contribution is -2.47. The molecule has 1 aliphatic carbocycles. The number of carbonyl (C=O) groups excluding carboxylic acids is 1. The van der Waals surface area contributed by atoms with Crippen molar-refractivity contribution in [3.63, 3.8) is 0 Å². The summed E-state index contributed by atoms with van der Waals surface area (Å²) in [6, 6.07) is 6.14. The van der Waals surface area contributed by atoms with Crippen LogP contribution in [0.1, 0.15) is 71.7 Å². The molecule has 1 saturated carbocycles. The third-order valence-electron chi connectivity index (χ3n) is 6.88. The molecule has 2 aromatic rings. The second-order valence-corrected chi connectivity index (χ2v) is 8.99. The summed E-state index contributed by atoms with van der Waals surface area (Å²) >= 11 is 0. The van der Waals surface area contributed by atoms with Crippen LogP contribution in [0.2, 0.25) is 0 Å². The first-order valence-electron chi connectivity index (χ1n) is 10.5. The number of likely N-dealkylation sites (N-methyl/N-ethyl adjacent to an activating group) is 1. The SMILES string of the molecule is Cc1cc(C)cc(C2(C(O)c3nc(=O)c(O)c4n3C[C@H](C)N(C)C4=O)CCCC2)c1. The first-order chi connectivity index (χ1) is 14.2. The molecule has 0 saturated heterocycles. The fraction of sp³-hybridized carbons (Fsp3) is 0.522. The number of aryl methyl sites for hydroxylation is 2. The van der Waals surface area contributed by atoms with Crippen LogP contribution < -0.4 is 5.56 Å². The summed E-state index contributed by atoms with van der Waals surface area (Å²) in [5, 5.41) is 22.0. The van der Waals surface area contributed by atoms with Crippen molar-refractivity contribution in [2.45, 2.75) is 70.6 Å². The Kier molecular flexibility index (Phi) is 4.97. The molecular formula is C23H29N3O4. The van der Waals surface area contributed by atoms with Gasteiger partial charge in [-0.15, -0.1) is 0 Å². The van der Waals surface area contributed by atoms with E-state index in [9.17, 15) is 19.8 Å². The van der Waals surface area contributed by atoms with Gasteiger partial charge in [0.2, 0.25) is 5.75 Å². The van der Waals surface area contributed by atoms with Crippen LogP contribution in [0.4, 0.5) is 0 Å². The molecule has 2 aliphatic rings. The van der Waals surface area contributed by atoms with E-state index in [2.05, 4.69) is 23.2 Å². The van der Waals surface area contributed by atoms with Crippen molar-refractivity contribution in [3.8, 4) is 5.75 Å². The minimum atomic E-state index is -1.06. The number of hydrogen-bond acceptors (Lipinski definition) is 5. The van der Waals surface area contributed by atoms with Crippen LogP contribution >= 0.6 is 0 Å². The summed E-state index contributed by atoms with van der Waals surface area (Å²) in [6.45, 7) is 6.31. The van der Waals surface area contributed by atoms with Crippen LogP contribution in [0.15, 0.2) is 23.0 Å². The summed E-state index contributed by atoms with van der Waals surface area (Å²) in [4.78, 5) is 30.9. The summed E-state index contributed by atoms with van der Waals surface area (Å²) in [5.41, 5.74) is 1.73. The van der Waals surface area contributed by atoms with Gasteiger partial charge in [-0.2, -0.15) is 4.98 Å². The Hall–Kier alpha value is -2.67. The summed E-state index contributed by atoms with van der Waals surface area (Å²) in [7, 11) is 1.64. The number of fused-ring (bicyclic) bond motifs is 1. The zero-order valence-electron chi connectivity index (χ0n) is 18.0. The number of aliphatic hydroxyl groups is 1. The molecule has 0 spiro atoms. The quantitative estimate of drug-likeness (QED) is 0.809. The predicted octanol–water partition coefficient (Wildman–Crippen LogP) is 2.59. The van der Waals surface area contributed by atoms with Gasteiger partial charge in [-0.3, -0.25) is 9.59 Å². The molecule has 160 valence electrons. The van der Waals surface area contributed by atoms with Gasteiger partial charge in [0, 0.05) is 25.0 Å². The third kappa shape index (κ3) is 3.03. The van der Waals surface area contributed by atoms with Crippen molar-refractivity contribution in [3.05, 3.63) is 56.8 Å². The van der Waals surface area contributed by atoms with E-state index in [0.29, 0.717) is 6.54 Å². The Balaban J connectivity index is 1.92. The van der Waals surface area contributed by atoms with E-state index < -0.39 is 28.7 Å². The number of aromatic hydroxyl groups is 1. The molecule has 2 heterocycles. The number of benzene rings is 1. The minimum absolute atomic E-state index is 0.0850. The van der Waals surface area contributed by atoms with Gasteiger partial charge in [0.1, 0.15) is 11.9 Å². The maximum absolute atomic E-state index is 12.8. The number of nitrogens with zero attached hydrogens (tertiary/aromatic N) is 3. The van der Waals surface area contributed by atoms with Gasteiger partial charge in [0.15, 0.2) is 5.69 Å². The topological polar surface area (TPSA) is 95.7 Å². The van der Waals surface area contributed by atoms with Crippen LogP contribution in [0.25, 0.3) is 0 Å². The first kappa shape index (κ1) is 20.6. The molecule has 1 aromatic heterocycles. The standard InChI is InChI=1S/C23H29N3O4/c1-13-9-14(2)11-16(10-13)23(7-5-6-8-23)19(28)20-24-21(29)18(27)17-22(30)25(4)15(3)12-26(17)20/h9-11,15,19,27-28H,5-8,12H2,1-4H3/t15-,19?/m0/s1. The van der Waals surface area contributed by atoms with Crippen LogP contribution in [0, 0.1) is 13.8 Å². The Bertz CT molecular complexity index is 1050. The smallest absolute Gasteiger partial charge is 0.316 e. The number of carbonyl (C=O) groups is 1. The van der Waals surface area contributed by atoms with Gasteiger partial charge in [-0.25, -0.2) is 0 Å². The fourth-order valence-corrected chi connectivity index (χ4v) is 5.16. The largest absolute Gasteiger partial charge is 0.501 e. The van der Waals surface area contributed by atoms with E-state index in [1.165, 1.54) is 4.90 Å². The molecular weight excluding hydrogens is 382 g/mol. The highest BCUT2D eigenvalue weighted by molar-refractivity contribution is 5.95. The van der Waals surface area contributed by atoms with Crippen molar-refractivity contribution < 1.29 is 15.0 Å². The molecule has 4 rings (SSSR count). The van der Waals surface area contributed by atoms with E-state index in [1.807, 2.05) is 20.8 Å². The van der Waals surface area contributed by atoms with Crippen LogP contribution in [0.5, 0.6) is 5.75 Å². The molecule has 0 bridgehead atoms. The van der Waals surface area contributed by atoms with Gasteiger partial charge in [-0.05, 0) is 39.2 Å². The average Bonchev–Trinajstić information content (AvgIpc) is 3.18. The Morgan fingerprint density at radius 3 is 2.33 bits per heavy atom. The molecule has 1 aromatic carbocycles. The van der Waals surface area contributed by atoms with E-state index >= 15 is 0 Å². The van der Waals surface area contributed by atoms with Crippen LogP contribution in [-0.4, -0.2) is 43.7 Å². The predicted molar refractivity (Wildman–Crippen MR) is 113 cm³/mol. The maximum Gasteiger partial charge on any atom is 0.316 e. The maximum atomic E-state index is 12.8. The molecule has 2 atom stereocenters. The second-order valence-electron chi connectivity index (χ2n) is 8.99. The van der Waals surface area contributed by atoms with Gasteiger partial charge in [0.05, 0.1) is 0 Å². The highest BCUT2D eigenvalue weighted by Crippen LogP contribution is 2.50. The van der Waals surface area contributed by atoms with Crippen molar-refractivity contribution in [1.29, 1.82) is 0 Å². The first-order valence-corrected chi connectivity index (χ1v) is 10.5. The number of rotatable bonds is 3. The Labute approximate surface area is 176 Å².